The fourth-order valence-corrected chi connectivity index (χ4v) is 5.02. The van der Waals surface area contributed by atoms with Gasteiger partial charge in [0.15, 0.2) is 0 Å². The van der Waals surface area contributed by atoms with Crippen molar-refractivity contribution >= 4 is 0 Å². The van der Waals surface area contributed by atoms with Crippen LogP contribution in [0.2, 0.25) is 0 Å². The highest BCUT2D eigenvalue weighted by Crippen LogP contribution is 2.24. The van der Waals surface area contributed by atoms with E-state index in [1.807, 2.05) is 0 Å². The van der Waals surface area contributed by atoms with Crippen molar-refractivity contribution in [1.29, 1.82) is 0 Å². The predicted octanol–water partition coefficient (Wildman–Crippen LogP) is 6.64. The van der Waals surface area contributed by atoms with Crippen molar-refractivity contribution in [3.05, 3.63) is 120 Å². The fraction of sp³-hybridized carbons (Fsp3) is 0.333. The van der Waals surface area contributed by atoms with Gasteiger partial charge in [0.1, 0.15) is 0 Å². The molecule has 4 N–H and O–H groups in total. The van der Waals surface area contributed by atoms with Crippen LogP contribution in [0.1, 0.15) is 36.8 Å². The molecule has 0 radical (unpaired) electrons. The SMILES string of the molecule is c1ccc(-c2ccccc2CNCCCNCCCCNCCCNCc2ccccc2-c2ccccc2)cc1. The van der Waals surface area contributed by atoms with E-state index in [1.165, 1.54) is 46.2 Å². The Morgan fingerprint density at radius 1 is 0.325 bits per heavy atom. The van der Waals surface area contributed by atoms with E-state index in [4.69, 9.17) is 0 Å². The smallest absolute Gasteiger partial charge is 0.0211 e. The van der Waals surface area contributed by atoms with Gasteiger partial charge < -0.3 is 21.3 Å². The summed E-state index contributed by atoms with van der Waals surface area (Å²) in [6, 6.07) is 38.7. The first-order chi connectivity index (χ1) is 19.9. The summed E-state index contributed by atoms with van der Waals surface area (Å²) in [5.41, 5.74) is 7.94. The lowest BCUT2D eigenvalue weighted by Crippen LogP contribution is -2.24. The Kier molecular flexibility index (Phi) is 13.5. The lowest BCUT2D eigenvalue weighted by molar-refractivity contribution is 0.547. The second-order valence-corrected chi connectivity index (χ2v) is 10.3. The molecule has 0 aromatic heterocycles. The van der Waals surface area contributed by atoms with Crippen LogP contribution in [0.4, 0.5) is 0 Å². The molecule has 210 valence electrons. The summed E-state index contributed by atoms with van der Waals surface area (Å²) in [6.45, 7) is 8.22. The Bertz CT molecular complexity index is 1110. The first-order valence-corrected chi connectivity index (χ1v) is 15.0. The van der Waals surface area contributed by atoms with Gasteiger partial charge in [-0.2, -0.15) is 0 Å². The van der Waals surface area contributed by atoms with Crippen molar-refractivity contribution in [3.63, 3.8) is 0 Å². The Morgan fingerprint density at radius 3 is 1.12 bits per heavy atom. The Labute approximate surface area is 241 Å². The minimum absolute atomic E-state index is 0.910. The minimum atomic E-state index is 0.910. The van der Waals surface area contributed by atoms with E-state index < -0.39 is 0 Å². The summed E-state index contributed by atoms with van der Waals surface area (Å²) in [6.07, 6.45) is 4.74. The summed E-state index contributed by atoms with van der Waals surface area (Å²) >= 11 is 0. The van der Waals surface area contributed by atoms with Crippen molar-refractivity contribution in [2.75, 3.05) is 39.3 Å². The molecule has 4 aromatic rings. The van der Waals surface area contributed by atoms with Gasteiger partial charge in [-0.05, 0) is 98.3 Å². The van der Waals surface area contributed by atoms with Crippen molar-refractivity contribution < 1.29 is 0 Å². The highest BCUT2D eigenvalue weighted by atomic mass is 14.9. The molecule has 0 aliphatic heterocycles. The molecule has 0 saturated carbocycles. The molecule has 0 spiro atoms. The van der Waals surface area contributed by atoms with Crippen LogP contribution in [-0.4, -0.2) is 39.3 Å². The van der Waals surface area contributed by atoms with Crippen LogP contribution in [0.5, 0.6) is 0 Å². The summed E-state index contributed by atoms with van der Waals surface area (Å²) < 4.78 is 0. The lowest BCUT2D eigenvalue weighted by atomic mass is 10.00. The number of rotatable bonds is 19. The fourth-order valence-electron chi connectivity index (χ4n) is 5.02. The molecule has 0 fully saturated rings. The second-order valence-electron chi connectivity index (χ2n) is 10.3. The topological polar surface area (TPSA) is 48.1 Å². The highest BCUT2D eigenvalue weighted by molar-refractivity contribution is 5.68. The zero-order valence-corrected chi connectivity index (χ0v) is 23.9. The predicted molar refractivity (Wildman–Crippen MR) is 171 cm³/mol. The van der Waals surface area contributed by atoms with Gasteiger partial charge in [0.25, 0.3) is 0 Å². The van der Waals surface area contributed by atoms with E-state index in [1.54, 1.807) is 0 Å². The average molecular weight is 535 g/mol. The molecule has 4 aromatic carbocycles. The van der Waals surface area contributed by atoms with Crippen molar-refractivity contribution in [3.8, 4) is 22.3 Å². The van der Waals surface area contributed by atoms with E-state index in [9.17, 15) is 0 Å². The first-order valence-electron chi connectivity index (χ1n) is 15.0. The van der Waals surface area contributed by atoms with Crippen LogP contribution in [0.3, 0.4) is 0 Å². The summed E-state index contributed by atoms with van der Waals surface area (Å²) in [5, 5.41) is 14.4. The van der Waals surface area contributed by atoms with Crippen molar-refractivity contribution in [2.24, 2.45) is 0 Å². The number of hydrogen-bond acceptors (Lipinski definition) is 4. The molecule has 0 atom stereocenters. The number of unbranched alkanes of at least 4 members (excludes halogenated alkanes) is 1. The lowest BCUT2D eigenvalue weighted by Gasteiger charge is -2.11. The van der Waals surface area contributed by atoms with Crippen LogP contribution in [0.25, 0.3) is 22.3 Å². The summed E-state index contributed by atoms with van der Waals surface area (Å²) in [5.74, 6) is 0. The van der Waals surface area contributed by atoms with Gasteiger partial charge in [-0.3, -0.25) is 0 Å². The molecule has 0 unspecified atom stereocenters. The van der Waals surface area contributed by atoms with Gasteiger partial charge in [0.2, 0.25) is 0 Å². The van der Waals surface area contributed by atoms with Gasteiger partial charge in [-0.1, -0.05) is 109 Å². The van der Waals surface area contributed by atoms with Gasteiger partial charge in [0, 0.05) is 13.1 Å². The van der Waals surface area contributed by atoms with E-state index in [0.717, 1.165) is 65.2 Å². The molecule has 0 heterocycles. The molecule has 40 heavy (non-hydrogen) atoms. The first kappa shape index (κ1) is 29.7. The van der Waals surface area contributed by atoms with Gasteiger partial charge in [-0.25, -0.2) is 0 Å². The standard InChI is InChI=1S/C36H46N4/c1-3-15-31(16-4-1)35-21-9-7-19-33(35)29-39-27-13-25-37-23-11-12-24-38-26-14-28-40-30-34-20-8-10-22-36(34)32-17-5-2-6-18-32/h1-10,15-22,37-40H,11-14,23-30H2. The maximum Gasteiger partial charge on any atom is 0.0211 e. The zero-order chi connectivity index (χ0) is 27.5. The molecule has 0 bridgehead atoms. The van der Waals surface area contributed by atoms with Crippen LogP contribution in [0.15, 0.2) is 109 Å². The van der Waals surface area contributed by atoms with Gasteiger partial charge in [0.05, 0.1) is 0 Å². The van der Waals surface area contributed by atoms with Crippen LogP contribution in [0, 0.1) is 0 Å². The maximum atomic E-state index is 3.62. The molecule has 0 amide bonds. The third-order valence-corrected chi connectivity index (χ3v) is 7.21. The third kappa shape index (κ3) is 10.4. The van der Waals surface area contributed by atoms with Crippen LogP contribution < -0.4 is 21.3 Å². The largest absolute Gasteiger partial charge is 0.317 e. The minimum Gasteiger partial charge on any atom is -0.317 e. The average Bonchev–Trinajstić information content (AvgIpc) is 3.02. The van der Waals surface area contributed by atoms with Gasteiger partial charge >= 0.3 is 0 Å². The third-order valence-electron chi connectivity index (χ3n) is 7.21. The molecule has 0 saturated heterocycles. The van der Waals surface area contributed by atoms with Crippen molar-refractivity contribution in [2.45, 2.75) is 38.8 Å². The van der Waals surface area contributed by atoms with E-state index in [2.05, 4.69) is 130 Å². The molecular weight excluding hydrogens is 488 g/mol. The molecule has 4 heteroatoms. The van der Waals surface area contributed by atoms with Crippen LogP contribution >= 0.6 is 0 Å². The number of nitrogens with one attached hydrogen (secondary N) is 4. The monoisotopic (exact) mass is 534 g/mol. The second kappa shape index (κ2) is 18.1. The summed E-state index contributed by atoms with van der Waals surface area (Å²) in [7, 11) is 0. The normalized spacial score (nSPS) is 11.1. The molecule has 0 aliphatic rings. The maximum absolute atomic E-state index is 3.62. The van der Waals surface area contributed by atoms with Gasteiger partial charge in [-0.15, -0.1) is 0 Å². The highest BCUT2D eigenvalue weighted by Gasteiger charge is 2.04. The molecule has 4 rings (SSSR count). The Balaban J connectivity index is 0.953. The zero-order valence-electron chi connectivity index (χ0n) is 23.9. The quantitative estimate of drug-likeness (QED) is 0.102. The van der Waals surface area contributed by atoms with E-state index in [0.29, 0.717) is 0 Å². The Hall–Kier alpha value is -3.28. The van der Waals surface area contributed by atoms with Crippen molar-refractivity contribution in [1.82, 2.24) is 21.3 Å². The molecular formula is C36H46N4. The number of hydrogen-bond donors (Lipinski definition) is 4. The van der Waals surface area contributed by atoms with E-state index >= 15 is 0 Å². The van der Waals surface area contributed by atoms with E-state index in [-0.39, 0.29) is 0 Å². The Morgan fingerprint density at radius 2 is 0.675 bits per heavy atom. The molecule has 4 nitrogen and oxygen atoms in total. The number of benzene rings is 4. The van der Waals surface area contributed by atoms with Crippen LogP contribution in [-0.2, 0) is 13.1 Å². The molecule has 0 aliphatic carbocycles. The summed E-state index contributed by atoms with van der Waals surface area (Å²) in [4.78, 5) is 0.